The van der Waals surface area contributed by atoms with Crippen LogP contribution >= 0.6 is 0 Å². The zero-order valence-corrected chi connectivity index (χ0v) is 16.8. The van der Waals surface area contributed by atoms with Gasteiger partial charge in [-0.3, -0.25) is 14.4 Å². The summed E-state index contributed by atoms with van der Waals surface area (Å²) in [7, 11) is 1.12. The van der Waals surface area contributed by atoms with Crippen LogP contribution in [-0.4, -0.2) is 48.1 Å². The molecule has 0 saturated carbocycles. The Morgan fingerprint density at radius 3 is 2.31 bits per heavy atom. The summed E-state index contributed by atoms with van der Waals surface area (Å²) in [6.07, 6.45) is -1.26. The predicted molar refractivity (Wildman–Crippen MR) is 101 cm³/mol. The van der Waals surface area contributed by atoms with E-state index in [1.807, 2.05) is 6.07 Å². The number of ketones is 2. The third-order valence-electron chi connectivity index (χ3n) is 5.06. The third kappa shape index (κ3) is 4.88. The smallest absolute Gasteiger partial charge is 0.416 e. The Labute approximate surface area is 169 Å². The van der Waals surface area contributed by atoms with Crippen molar-refractivity contribution in [3.63, 3.8) is 0 Å². The van der Waals surface area contributed by atoms with Gasteiger partial charge in [0.2, 0.25) is 5.91 Å². The van der Waals surface area contributed by atoms with Crippen molar-refractivity contribution >= 4 is 29.5 Å². The van der Waals surface area contributed by atoms with Gasteiger partial charge < -0.3 is 14.3 Å². The molecule has 29 heavy (non-hydrogen) atoms. The highest BCUT2D eigenvalue weighted by atomic mass is 16.5. The lowest BCUT2D eigenvalue weighted by Crippen LogP contribution is -2.60. The molecule has 0 unspecified atom stereocenters. The van der Waals surface area contributed by atoms with Gasteiger partial charge in [-0.15, -0.1) is 0 Å². The normalized spacial score (nSPS) is 21.4. The number of benzene rings is 1. The van der Waals surface area contributed by atoms with Crippen LogP contribution in [0.25, 0.3) is 0 Å². The zero-order valence-electron chi connectivity index (χ0n) is 16.8. The molecule has 2 rings (SSSR count). The molecule has 1 aromatic carbocycles. The van der Waals surface area contributed by atoms with Crippen LogP contribution < -0.4 is 0 Å². The number of ether oxygens (including phenoxy) is 2. The van der Waals surface area contributed by atoms with E-state index in [1.165, 1.54) is 13.8 Å². The van der Waals surface area contributed by atoms with Crippen molar-refractivity contribution in [1.29, 1.82) is 0 Å². The van der Waals surface area contributed by atoms with Crippen LogP contribution in [0.5, 0.6) is 0 Å². The van der Waals surface area contributed by atoms with Gasteiger partial charge in [0.1, 0.15) is 18.2 Å². The zero-order chi connectivity index (χ0) is 21.6. The maximum Gasteiger partial charge on any atom is 0.416 e. The van der Waals surface area contributed by atoms with E-state index in [9.17, 15) is 24.0 Å². The average molecular weight is 403 g/mol. The number of hydrogen-bond acceptors (Lipinski definition) is 7. The first kappa shape index (κ1) is 22.3. The number of methoxy groups -OCH3 is 1. The van der Waals surface area contributed by atoms with Crippen molar-refractivity contribution in [1.82, 2.24) is 4.90 Å². The van der Waals surface area contributed by atoms with Gasteiger partial charge in [-0.05, 0) is 31.7 Å². The molecule has 1 aliphatic rings. The molecule has 1 heterocycles. The number of piperidine rings is 1. The van der Waals surface area contributed by atoms with Crippen LogP contribution in [0.15, 0.2) is 30.3 Å². The molecule has 2 amide bonds. The van der Waals surface area contributed by atoms with E-state index in [-0.39, 0.29) is 31.8 Å². The second-order valence-corrected chi connectivity index (χ2v) is 7.23. The monoisotopic (exact) mass is 403 g/mol. The summed E-state index contributed by atoms with van der Waals surface area (Å²) in [4.78, 5) is 63.2. The summed E-state index contributed by atoms with van der Waals surface area (Å²) in [6, 6.07) is 8.86. The number of hydrogen-bond donors (Lipinski definition) is 0. The van der Waals surface area contributed by atoms with Crippen LogP contribution in [0.1, 0.15) is 38.7 Å². The Morgan fingerprint density at radius 2 is 1.76 bits per heavy atom. The van der Waals surface area contributed by atoms with Crippen molar-refractivity contribution in [3.05, 3.63) is 35.9 Å². The molecule has 0 radical (unpaired) electrons. The number of rotatable bonds is 7. The van der Waals surface area contributed by atoms with Crippen molar-refractivity contribution in [2.24, 2.45) is 11.3 Å². The molecule has 1 aromatic rings. The van der Waals surface area contributed by atoms with Gasteiger partial charge in [-0.2, -0.15) is 0 Å². The summed E-state index contributed by atoms with van der Waals surface area (Å²) in [5.41, 5.74) is -1.24. The van der Waals surface area contributed by atoms with E-state index >= 15 is 0 Å². The molecule has 0 aliphatic carbocycles. The Bertz CT molecular complexity index is 805. The highest BCUT2D eigenvalue weighted by molar-refractivity contribution is 6.11. The predicted octanol–water partition coefficient (Wildman–Crippen LogP) is 2.29. The molecule has 0 spiro atoms. The number of likely N-dealkylation sites (tertiary alicyclic amines) is 1. The first-order valence-corrected chi connectivity index (χ1v) is 9.32. The number of imide groups is 1. The summed E-state index contributed by atoms with van der Waals surface area (Å²) in [5.74, 6) is -3.18. The fourth-order valence-electron chi connectivity index (χ4n) is 3.75. The van der Waals surface area contributed by atoms with Crippen molar-refractivity contribution in [2.75, 3.05) is 13.7 Å². The van der Waals surface area contributed by atoms with Gasteiger partial charge in [0.15, 0.2) is 5.41 Å². The molecule has 8 heteroatoms. The highest BCUT2D eigenvalue weighted by Crippen LogP contribution is 2.44. The van der Waals surface area contributed by atoms with E-state index in [1.54, 1.807) is 24.3 Å². The lowest BCUT2D eigenvalue weighted by Gasteiger charge is -2.43. The Morgan fingerprint density at radius 1 is 1.10 bits per heavy atom. The van der Waals surface area contributed by atoms with E-state index in [4.69, 9.17) is 4.74 Å². The van der Waals surface area contributed by atoms with Crippen LogP contribution in [0.3, 0.4) is 0 Å². The van der Waals surface area contributed by atoms with E-state index in [0.717, 1.165) is 12.0 Å². The molecule has 8 nitrogen and oxygen atoms in total. The van der Waals surface area contributed by atoms with Gasteiger partial charge >= 0.3 is 12.1 Å². The molecular weight excluding hydrogens is 378 g/mol. The lowest BCUT2D eigenvalue weighted by atomic mass is 9.65. The molecule has 1 aliphatic heterocycles. The number of carbonyl (C=O) groups excluding carboxylic acids is 5. The van der Waals surface area contributed by atoms with Gasteiger partial charge in [0.25, 0.3) is 0 Å². The van der Waals surface area contributed by atoms with Crippen LogP contribution in [0.2, 0.25) is 0 Å². The SMILES string of the molecule is COC(=O)N1CC[C@H](CC(C)=O)[C@@](CC(C)=O)(C(=O)OCc2ccccc2)C1=O. The van der Waals surface area contributed by atoms with E-state index < -0.39 is 41.5 Å². The summed E-state index contributed by atoms with van der Waals surface area (Å²) >= 11 is 0. The molecule has 0 N–H and O–H groups in total. The summed E-state index contributed by atoms with van der Waals surface area (Å²) < 4.78 is 10.1. The molecule has 2 atom stereocenters. The lowest BCUT2D eigenvalue weighted by molar-refractivity contribution is -0.176. The Hall–Kier alpha value is -3.03. The second-order valence-electron chi connectivity index (χ2n) is 7.23. The maximum absolute atomic E-state index is 13.3. The largest absolute Gasteiger partial charge is 0.460 e. The maximum atomic E-state index is 13.3. The average Bonchev–Trinajstić information content (AvgIpc) is 2.68. The first-order chi connectivity index (χ1) is 13.7. The fraction of sp³-hybridized carbons (Fsp3) is 0.476. The van der Waals surface area contributed by atoms with Crippen LogP contribution in [0.4, 0.5) is 4.79 Å². The topological polar surface area (TPSA) is 107 Å². The summed E-state index contributed by atoms with van der Waals surface area (Å²) in [5, 5.41) is 0. The fourth-order valence-corrected chi connectivity index (χ4v) is 3.75. The number of nitrogens with zero attached hydrogens (tertiary/aromatic N) is 1. The minimum absolute atomic E-state index is 0.00489. The van der Waals surface area contributed by atoms with Crippen molar-refractivity contribution < 1.29 is 33.4 Å². The quantitative estimate of drug-likeness (QED) is 0.508. The second kappa shape index (κ2) is 9.45. The Balaban J connectivity index is 2.44. The number of carbonyl (C=O) groups is 5. The van der Waals surface area contributed by atoms with Crippen molar-refractivity contribution in [2.45, 2.75) is 39.7 Å². The molecule has 1 fully saturated rings. The van der Waals surface area contributed by atoms with Crippen LogP contribution in [0, 0.1) is 11.3 Å². The standard InChI is InChI=1S/C21H25NO7/c1-14(23)11-17-9-10-22(20(27)28-3)18(25)21(17,12-15(2)24)19(26)29-13-16-7-5-4-6-8-16/h4-8,17H,9-13H2,1-3H3/t17-,21-/m1/s1. The third-order valence-corrected chi connectivity index (χ3v) is 5.06. The minimum atomic E-state index is -1.95. The van der Waals surface area contributed by atoms with Gasteiger partial charge in [-0.1, -0.05) is 30.3 Å². The summed E-state index contributed by atoms with van der Waals surface area (Å²) in [6.45, 7) is 2.50. The van der Waals surface area contributed by atoms with Crippen molar-refractivity contribution in [3.8, 4) is 0 Å². The number of Topliss-reactive ketones (excluding diaryl/α,β-unsaturated/α-hetero) is 2. The van der Waals surface area contributed by atoms with E-state index in [0.29, 0.717) is 5.56 Å². The molecule has 0 bridgehead atoms. The molecule has 156 valence electrons. The highest BCUT2D eigenvalue weighted by Gasteiger charge is 2.59. The minimum Gasteiger partial charge on any atom is -0.460 e. The van der Waals surface area contributed by atoms with Crippen LogP contribution in [-0.2, 0) is 35.3 Å². The molecule has 1 saturated heterocycles. The van der Waals surface area contributed by atoms with E-state index in [2.05, 4.69) is 4.74 Å². The Kier molecular flexibility index (Phi) is 7.25. The first-order valence-electron chi connectivity index (χ1n) is 9.32. The van der Waals surface area contributed by atoms with Gasteiger partial charge in [0, 0.05) is 19.4 Å². The van der Waals surface area contributed by atoms with Gasteiger partial charge in [-0.25, -0.2) is 9.69 Å². The van der Waals surface area contributed by atoms with Gasteiger partial charge in [0.05, 0.1) is 7.11 Å². The number of amides is 2. The molecule has 0 aromatic heterocycles. The molecular formula is C21H25NO7. The number of esters is 1.